The summed E-state index contributed by atoms with van der Waals surface area (Å²) >= 11 is 0. The Morgan fingerprint density at radius 1 is 1.10 bits per heavy atom. The highest BCUT2D eigenvalue weighted by Gasteiger charge is 2.29. The Labute approximate surface area is 227 Å². The Kier molecular flexibility index (Phi) is 6.45. The third-order valence-electron chi connectivity index (χ3n) is 7.40. The van der Waals surface area contributed by atoms with Crippen molar-refractivity contribution in [2.24, 2.45) is 4.99 Å². The van der Waals surface area contributed by atoms with Crippen LogP contribution in [-0.2, 0) is 12.8 Å². The number of allylic oxidation sites excluding steroid dienone is 2. The molecule has 5 aromatic rings. The maximum absolute atomic E-state index is 13.6. The molecule has 6 rings (SSSR count). The van der Waals surface area contributed by atoms with Gasteiger partial charge in [-0.2, -0.15) is 0 Å². The van der Waals surface area contributed by atoms with Gasteiger partial charge in [0.25, 0.3) is 5.91 Å². The summed E-state index contributed by atoms with van der Waals surface area (Å²) in [4.78, 5) is 33.4. The molecule has 0 radical (unpaired) electrons. The number of aromatic nitrogens is 4. The SMILES string of the molecule is CC1=CC(Cc2cccc(C)n2)c2[nH]c3ccccc3c2C1=NC(=O)c1cnc2cc(CCN(C)C)ccn12. The summed E-state index contributed by atoms with van der Waals surface area (Å²) in [5, 5.41) is 1.07. The highest BCUT2D eigenvalue weighted by Crippen LogP contribution is 2.37. The van der Waals surface area contributed by atoms with E-state index in [1.54, 1.807) is 6.20 Å². The molecule has 1 amide bonds. The van der Waals surface area contributed by atoms with Gasteiger partial charge in [-0.25, -0.2) is 9.98 Å². The number of imidazole rings is 1. The van der Waals surface area contributed by atoms with Crippen molar-refractivity contribution in [3.63, 3.8) is 0 Å². The third-order valence-corrected chi connectivity index (χ3v) is 7.40. The van der Waals surface area contributed by atoms with E-state index in [1.807, 2.05) is 48.7 Å². The van der Waals surface area contributed by atoms with Crippen molar-refractivity contribution in [1.29, 1.82) is 0 Å². The van der Waals surface area contributed by atoms with E-state index in [1.165, 1.54) is 5.56 Å². The maximum atomic E-state index is 13.6. The summed E-state index contributed by atoms with van der Waals surface area (Å²) in [6.45, 7) is 5.01. The number of amides is 1. The number of nitrogens with zero attached hydrogens (tertiary/aromatic N) is 5. The van der Waals surface area contributed by atoms with Crippen molar-refractivity contribution in [3.8, 4) is 0 Å². The average molecular weight is 517 g/mol. The minimum atomic E-state index is -0.304. The first-order valence-electron chi connectivity index (χ1n) is 13.3. The van der Waals surface area contributed by atoms with Crippen LogP contribution in [0.25, 0.3) is 16.6 Å². The van der Waals surface area contributed by atoms with E-state index < -0.39 is 0 Å². The molecule has 0 fully saturated rings. The number of aromatic amines is 1. The Morgan fingerprint density at radius 3 is 2.77 bits per heavy atom. The number of H-pyrrole nitrogens is 1. The maximum Gasteiger partial charge on any atom is 0.296 e. The van der Waals surface area contributed by atoms with E-state index in [-0.39, 0.29) is 11.8 Å². The van der Waals surface area contributed by atoms with Crippen LogP contribution in [0.1, 0.15) is 51.5 Å². The summed E-state index contributed by atoms with van der Waals surface area (Å²) in [5.41, 5.74) is 9.24. The highest BCUT2D eigenvalue weighted by molar-refractivity contribution is 6.24. The number of hydrogen-bond acceptors (Lipinski definition) is 4. The fraction of sp³-hybridized carbons (Fsp3) is 0.250. The van der Waals surface area contributed by atoms with Crippen molar-refractivity contribution in [3.05, 3.63) is 113 Å². The first-order valence-corrected chi connectivity index (χ1v) is 13.3. The van der Waals surface area contributed by atoms with Crippen LogP contribution in [0.2, 0.25) is 0 Å². The zero-order valence-corrected chi connectivity index (χ0v) is 22.8. The van der Waals surface area contributed by atoms with Crippen LogP contribution in [-0.4, -0.2) is 56.5 Å². The molecule has 196 valence electrons. The molecule has 4 aromatic heterocycles. The average Bonchev–Trinajstić information content (AvgIpc) is 3.51. The van der Waals surface area contributed by atoms with E-state index in [0.717, 1.165) is 64.2 Å². The molecule has 1 atom stereocenters. The zero-order chi connectivity index (χ0) is 27.1. The van der Waals surface area contributed by atoms with Crippen LogP contribution in [0.5, 0.6) is 0 Å². The van der Waals surface area contributed by atoms with Gasteiger partial charge in [0.2, 0.25) is 0 Å². The van der Waals surface area contributed by atoms with Gasteiger partial charge in [-0.05, 0) is 75.8 Å². The van der Waals surface area contributed by atoms with Gasteiger partial charge in [0.1, 0.15) is 11.3 Å². The number of carbonyl (C=O) groups excluding carboxylic acids is 1. The van der Waals surface area contributed by atoms with Gasteiger partial charge in [0.15, 0.2) is 0 Å². The number of likely N-dealkylation sites (N-methyl/N-ethyl adjacent to an activating group) is 1. The molecular formula is C32H32N6O. The molecule has 39 heavy (non-hydrogen) atoms. The molecule has 1 unspecified atom stereocenters. The molecule has 7 nitrogen and oxygen atoms in total. The number of rotatable bonds is 6. The van der Waals surface area contributed by atoms with Gasteiger partial charge in [0, 0.05) is 58.6 Å². The second-order valence-electron chi connectivity index (χ2n) is 10.6. The van der Waals surface area contributed by atoms with E-state index in [4.69, 9.17) is 9.98 Å². The van der Waals surface area contributed by atoms with E-state index in [9.17, 15) is 4.79 Å². The number of benzene rings is 1. The van der Waals surface area contributed by atoms with Crippen LogP contribution >= 0.6 is 0 Å². The van der Waals surface area contributed by atoms with Gasteiger partial charge in [-0.15, -0.1) is 0 Å². The van der Waals surface area contributed by atoms with Gasteiger partial charge in [0.05, 0.1) is 11.9 Å². The molecule has 1 aliphatic rings. The Balaban J connectivity index is 1.39. The number of fused-ring (bicyclic) bond motifs is 4. The minimum absolute atomic E-state index is 0.104. The van der Waals surface area contributed by atoms with Crippen molar-refractivity contribution < 1.29 is 4.79 Å². The van der Waals surface area contributed by atoms with E-state index in [2.05, 4.69) is 65.4 Å². The van der Waals surface area contributed by atoms with Gasteiger partial charge in [-0.3, -0.25) is 14.2 Å². The molecule has 0 bridgehead atoms. The first-order chi connectivity index (χ1) is 18.9. The van der Waals surface area contributed by atoms with Crippen molar-refractivity contribution in [1.82, 2.24) is 24.3 Å². The quantitative estimate of drug-likeness (QED) is 0.321. The number of carbonyl (C=O) groups is 1. The molecule has 0 saturated heterocycles. The first kappa shape index (κ1) is 24.9. The lowest BCUT2D eigenvalue weighted by atomic mass is 9.84. The summed E-state index contributed by atoms with van der Waals surface area (Å²) in [6, 6.07) is 18.4. The van der Waals surface area contributed by atoms with Crippen LogP contribution < -0.4 is 0 Å². The van der Waals surface area contributed by atoms with E-state index >= 15 is 0 Å². The molecular weight excluding hydrogens is 484 g/mol. The molecule has 0 saturated carbocycles. The minimum Gasteiger partial charge on any atom is -0.357 e. The Bertz CT molecular complexity index is 1770. The Hall–Kier alpha value is -4.36. The predicted octanol–water partition coefficient (Wildman–Crippen LogP) is 5.54. The summed E-state index contributed by atoms with van der Waals surface area (Å²) in [7, 11) is 4.12. The van der Waals surface area contributed by atoms with Gasteiger partial charge in [-0.1, -0.05) is 30.3 Å². The number of nitrogens with one attached hydrogen (secondary N) is 1. The van der Waals surface area contributed by atoms with Crippen LogP contribution in [0.15, 0.2) is 83.6 Å². The highest BCUT2D eigenvalue weighted by atomic mass is 16.1. The summed E-state index contributed by atoms with van der Waals surface area (Å²) in [5.74, 6) is -0.201. The largest absolute Gasteiger partial charge is 0.357 e. The molecule has 1 aromatic carbocycles. The van der Waals surface area contributed by atoms with E-state index in [0.29, 0.717) is 11.4 Å². The lowest BCUT2D eigenvalue weighted by Gasteiger charge is -2.22. The fourth-order valence-corrected chi connectivity index (χ4v) is 5.45. The number of hydrogen-bond donors (Lipinski definition) is 1. The predicted molar refractivity (Wildman–Crippen MR) is 156 cm³/mol. The molecule has 7 heteroatoms. The van der Waals surface area contributed by atoms with Crippen molar-refractivity contribution in [2.45, 2.75) is 32.6 Å². The zero-order valence-electron chi connectivity index (χ0n) is 22.8. The topological polar surface area (TPSA) is 78.6 Å². The fourth-order valence-electron chi connectivity index (χ4n) is 5.45. The monoisotopic (exact) mass is 516 g/mol. The number of aliphatic imine (C=N–C) groups is 1. The van der Waals surface area contributed by atoms with Crippen molar-refractivity contribution >= 4 is 28.2 Å². The third kappa shape index (κ3) is 4.81. The lowest BCUT2D eigenvalue weighted by Crippen LogP contribution is -2.18. The van der Waals surface area contributed by atoms with Gasteiger partial charge < -0.3 is 9.88 Å². The van der Waals surface area contributed by atoms with Crippen LogP contribution in [0, 0.1) is 6.92 Å². The standard InChI is InChI=1S/C32H32N6O/c1-20-16-23(18-24-9-7-8-21(2)34-24)31-29(25-10-5-6-11-26(25)35-31)30(20)36-32(39)27-19-33-28-17-22(12-14-37(3)4)13-15-38(27)28/h5-11,13,15-17,19,23,35H,12,14,18H2,1-4H3. The molecule has 0 aliphatic heterocycles. The second-order valence-corrected chi connectivity index (χ2v) is 10.6. The smallest absolute Gasteiger partial charge is 0.296 e. The summed E-state index contributed by atoms with van der Waals surface area (Å²) < 4.78 is 1.83. The Morgan fingerprint density at radius 2 is 1.95 bits per heavy atom. The molecule has 4 heterocycles. The number of para-hydroxylation sites is 1. The van der Waals surface area contributed by atoms with Crippen LogP contribution in [0.3, 0.4) is 0 Å². The second kappa shape index (κ2) is 10.1. The molecule has 0 spiro atoms. The summed E-state index contributed by atoms with van der Waals surface area (Å²) in [6.07, 6.45) is 7.45. The number of pyridine rings is 2. The molecule has 1 N–H and O–H groups in total. The molecule has 1 aliphatic carbocycles. The van der Waals surface area contributed by atoms with Crippen LogP contribution in [0.4, 0.5) is 0 Å². The normalized spacial score (nSPS) is 16.3. The number of aryl methyl sites for hydroxylation is 1. The lowest BCUT2D eigenvalue weighted by molar-refractivity contribution is 0.0997. The van der Waals surface area contributed by atoms with Crippen molar-refractivity contribution in [2.75, 3.05) is 20.6 Å². The van der Waals surface area contributed by atoms with Gasteiger partial charge >= 0.3 is 0 Å².